The number of phosphoric acid groups is 1. The molecule has 2 aliphatic heterocycles. The molecule has 6 nitrogen and oxygen atoms in total. The molecule has 0 bridgehead atoms. The third-order valence-electron chi connectivity index (χ3n) is 6.02. The summed E-state index contributed by atoms with van der Waals surface area (Å²) in [4.78, 5) is 20.0. The zero-order valence-corrected chi connectivity index (χ0v) is 22.2. The molecule has 0 radical (unpaired) electrons. The van der Waals surface area contributed by atoms with Crippen molar-refractivity contribution in [1.29, 1.82) is 0 Å². The summed E-state index contributed by atoms with van der Waals surface area (Å²) in [6.07, 6.45) is 0.533. The molecule has 0 atom stereocenters. The normalized spacial score (nSPS) is 17.6. The number of rotatable bonds is 8. The van der Waals surface area contributed by atoms with Crippen molar-refractivity contribution in [2.75, 3.05) is 29.6 Å². The Hall–Kier alpha value is -2.03. The van der Waals surface area contributed by atoms with Crippen LogP contribution < -0.4 is 4.90 Å². The summed E-state index contributed by atoms with van der Waals surface area (Å²) >= 11 is 3.64. The van der Waals surface area contributed by atoms with Gasteiger partial charge in [0.15, 0.2) is 0 Å². The van der Waals surface area contributed by atoms with Crippen molar-refractivity contribution in [3.8, 4) is 0 Å². The SMILES string of the molecule is O=P(O)(O)OCCCOC1CSC(=C2c3ccccc3N(Cc3ccccc3)c3ccccc32)SC1. The van der Waals surface area contributed by atoms with Gasteiger partial charge in [-0.2, -0.15) is 0 Å². The monoisotopic (exact) mass is 541 g/mol. The van der Waals surface area contributed by atoms with Crippen LogP contribution in [-0.2, 0) is 20.4 Å². The number of ether oxygens (including phenoxy) is 1. The first-order valence-electron chi connectivity index (χ1n) is 11.8. The van der Waals surface area contributed by atoms with Crippen LogP contribution in [0.3, 0.4) is 0 Å². The van der Waals surface area contributed by atoms with E-state index in [4.69, 9.17) is 14.5 Å². The molecule has 5 rings (SSSR count). The fourth-order valence-corrected chi connectivity index (χ4v) is 7.52. The maximum absolute atomic E-state index is 10.8. The van der Waals surface area contributed by atoms with E-state index in [0.717, 1.165) is 18.1 Å². The minimum Gasteiger partial charge on any atom is -0.376 e. The number of hydrogen-bond donors (Lipinski definition) is 2. The summed E-state index contributed by atoms with van der Waals surface area (Å²) in [7, 11) is -4.41. The van der Waals surface area contributed by atoms with Crippen LogP contribution in [-0.4, -0.2) is 40.6 Å². The van der Waals surface area contributed by atoms with E-state index < -0.39 is 7.82 Å². The summed E-state index contributed by atoms with van der Waals surface area (Å²) in [6, 6.07) is 27.8. The van der Waals surface area contributed by atoms with Gasteiger partial charge in [-0.05, 0) is 24.1 Å². The van der Waals surface area contributed by atoms with Gasteiger partial charge in [-0.1, -0.05) is 66.7 Å². The number of fused-ring (bicyclic) bond motifs is 2. The fourth-order valence-electron chi connectivity index (χ4n) is 4.43. The molecule has 36 heavy (non-hydrogen) atoms. The van der Waals surface area contributed by atoms with Gasteiger partial charge in [0.05, 0.1) is 12.7 Å². The molecule has 0 aliphatic carbocycles. The summed E-state index contributed by atoms with van der Waals surface area (Å²) in [6.45, 7) is 1.21. The van der Waals surface area contributed by atoms with Crippen LogP contribution in [0.1, 0.15) is 23.1 Å². The molecule has 2 aliphatic rings. The van der Waals surface area contributed by atoms with Gasteiger partial charge in [0, 0.05) is 57.0 Å². The molecule has 0 spiro atoms. The summed E-state index contributed by atoms with van der Waals surface area (Å²) in [5.74, 6) is 1.67. The van der Waals surface area contributed by atoms with Crippen molar-refractivity contribution in [2.24, 2.45) is 0 Å². The fraction of sp³-hybridized carbons (Fsp3) is 0.259. The molecular weight excluding hydrogens is 513 g/mol. The van der Waals surface area contributed by atoms with Crippen LogP contribution in [0.25, 0.3) is 5.57 Å². The molecule has 3 aromatic carbocycles. The number of para-hydroxylation sites is 2. The van der Waals surface area contributed by atoms with E-state index in [0.29, 0.717) is 13.0 Å². The molecule has 0 aromatic heterocycles. The lowest BCUT2D eigenvalue weighted by atomic mass is 9.91. The number of hydrogen-bond acceptors (Lipinski definition) is 6. The van der Waals surface area contributed by atoms with Crippen molar-refractivity contribution >= 4 is 48.3 Å². The van der Waals surface area contributed by atoms with Gasteiger partial charge in [-0.15, -0.1) is 23.5 Å². The minimum absolute atomic E-state index is 0.0143. The van der Waals surface area contributed by atoms with Crippen LogP contribution in [0, 0.1) is 0 Å². The molecule has 188 valence electrons. The highest BCUT2D eigenvalue weighted by atomic mass is 32.2. The molecule has 0 unspecified atom stereocenters. The second-order valence-electron chi connectivity index (χ2n) is 8.56. The second-order valence-corrected chi connectivity index (χ2v) is 12.1. The van der Waals surface area contributed by atoms with Crippen molar-refractivity contribution < 1.29 is 23.6 Å². The van der Waals surface area contributed by atoms with E-state index in [1.165, 1.54) is 37.9 Å². The average molecular weight is 542 g/mol. The number of benzene rings is 3. The third-order valence-corrected chi connectivity index (χ3v) is 9.25. The molecule has 2 heterocycles. The van der Waals surface area contributed by atoms with E-state index in [9.17, 15) is 4.57 Å². The van der Waals surface area contributed by atoms with Crippen LogP contribution in [0.4, 0.5) is 11.4 Å². The Morgan fingerprint density at radius 2 is 1.42 bits per heavy atom. The van der Waals surface area contributed by atoms with Gasteiger partial charge in [-0.3, -0.25) is 4.52 Å². The second kappa shape index (κ2) is 11.6. The van der Waals surface area contributed by atoms with E-state index in [1.807, 2.05) is 23.5 Å². The Morgan fingerprint density at radius 1 is 0.833 bits per heavy atom. The Balaban J connectivity index is 1.35. The first kappa shape index (κ1) is 25.6. The Morgan fingerprint density at radius 3 is 2.03 bits per heavy atom. The molecule has 1 saturated heterocycles. The summed E-state index contributed by atoms with van der Waals surface area (Å²) < 4.78 is 22.5. The van der Waals surface area contributed by atoms with Crippen LogP contribution in [0.2, 0.25) is 0 Å². The van der Waals surface area contributed by atoms with Gasteiger partial charge in [0.1, 0.15) is 0 Å². The number of thioether (sulfide) groups is 2. The number of nitrogens with zero attached hydrogens (tertiary/aromatic N) is 1. The van der Waals surface area contributed by atoms with E-state index in [-0.39, 0.29) is 12.7 Å². The van der Waals surface area contributed by atoms with Crippen LogP contribution in [0.5, 0.6) is 0 Å². The standard InChI is InChI=1S/C27H28NO5PS2/c29-34(30,31)33-16-8-15-32-21-18-35-27(36-19-21)26-22-11-4-6-13-24(22)28(17-20-9-2-1-3-10-20)25-14-7-5-12-23(25)26/h1-7,9-14,21H,8,15-19H2,(H2,29,30,31). The molecule has 0 amide bonds. The smallest absolute Gasteiger partial charge is 0.376 e. The zero-order valence-electron chi connectivity index (χ0n) is 19.7. The van der Waals surface area contributed by atoms with Gasteiger partial charge in [-0.25, -0.2) is 4.57 Å². The van der Waals surface area contributed by atoms with Crippen LogP contribution >= 0.6 is 31.3 Å². The van der Waals surface area contributed by atoms with Gasteiger partial charge < -0.3 is 19.4 Å². The Labute approximate surface area is 220 Å². The Kier molecular flexibility index (Phi) is 8.23. The number of phosphoric ester groups is 1. The third kappa shape index (κ3) is 6.09. The van der Waals surface area contributed by atoms with E-state index in [2.05, 4.69) is 88.3 Å². The predicted octanol–water partition coefficient (Wildman–Crippen LogP) is 6.42. The van der Waals surface area contributed by atoms with Crippen molar-refractivity contribution in [2.45, 2.75) is 19.1 Å². The van der Waals surface area contributed by atoms with Crippen molar-refractivity contribution in [1.82, 2.24) is 0 Å². The molecule has 1 fully saturated rings. The minimum atomic E-state index is -4.41. The predicted molar refractivity (Wildman–Crippen MR) is 148 cm³/mol. The highest BCUT2D eigenvalue weighted by Gasteiger charge is 2.30. The van der Waals surface area contributed by atoms with E-state index >= 15 is 0 Å². The first-order chi connectivity index (χ1) is 17.5. The molecule has 2 N–H and O–H groups in total. The molecule has 0 saturated carbocycles. The van der Waals surface area contributed by atoms with Gasteiger partial charge in [0.2, 0.25) is 0 Å². The van der Waals surface area contributed by atoms with E-state index in [1.54, 1.807) is 0 Å². The maximum Gasteiger partial charge on any atom is 0.469 e. The highest BCUT2D eigenvalue weighted by Crippen LogP contribution is 2.52. The molecule has 3 aromatic rings. The molecule has 9 heteroatoms. The quantitative estimate of drug-likeness (QED) is 0.250. The van der Waals surface area contributed by atoms with Crippen LogP contribution in [0.15, 0.2) is 83.1 Å². The highest BCUT2D eigenvalue weighted by molar-refractivity contribution is 8.23. The summed E-state index contributed by atoms with van der Waals surface area (Å²) in [5, 5.41) is 0. The van der Waals surface area contributed by atoms with Gasteiger partial charge in [0.25, 0.3) is 0 Å². The number of anilines is 2. The maximum atomic E-state index is 10.8. The lowest BCUT2D eigenvalue weighted by Crippen LogP contribution is -2.25. The largest absolute Gasteiger partial charge is 0.469 e. The lowest BCUT2D eigenvalue weighted by molar-refractivity contribution is 0.0715. The lowest BCUT2D eigenvalue weighted by Gasteiger charge is -2.36. The van der Waals surface area contributed by atoms with Crippen molar-refractivity contribution in [3.05, 3.63) is 99.8 Å². The van der Waals surface area contributed by atoms with Crippen molar-refractivity contribution in [3.63, 3.8) is 0 Å². The topological polar surface area (TPSA) is 79.2 Å². The first-order valence-corrected chi connectivity index (χ1v) is 15.3. The van der Waals surface area contributed by atoms with Gasteiger partial charge >= 0.3 is 7.82 Å². The summed E-state index contributed by atoms with van der Waals surface area (Å²) in [5.41, 5.74) is 7.48. The molecular formula is C27H28NO5PS2. The Bertz CT molecular complexity index is 1220. The average Bonchev–Trinajstić information content (AvgIpc) is 2.89. The zero-order chi connectivity index (χ0) is 25.0.